The summed E-state index contributed by atoms with van der Waals surface area (Å²) in [6.07, 6.45) is 0.424. The Labute approximate surface area is 207 Å². The Balaban J connectivity index is 2.42. The van der Waals surface area contributed by atoms with Gasteiger partial charge in [0.1, 0.15) is 24.2 Å². The lowest BCUT2D eigenvalue weighted by Gasteiger charge is -2.35. The average molecular weight is 490 g/mol. The molecule has 1 aliphatic rings. The third-order valence-electron chi connectivity index (χ3n) is 5.65. The van der Waals surface area contributed by atoms with Crippen molar-refractivity contribution in [2.24, 2.45) is 11.8 Å². The van der Waals surface area contributed by atoms with Crippen LogP contribution in [0.4, 0.5) is 4.79 Å². The molecule has 9 heteroatoms. The predicted molar refractivity (Wildman–Crippen MR) is 131 cm³/mol. The van der Waals surface area contributed by atoms with Crippen LogP contribution in [0.25, 0.3) is 0 Å². The first-order chi connectivity index (χ1) is 16.3. The molecule has 1 aromatic rings. The van der Waals surface area contributed by atoms with E-state index in [0.717, 1.165) is 6.42 Å². The minimum atomic E-state index is -0.974. The Morgan fingerprint density at radius 3 is 2.20 bits per heavy atom. The standard InChI is InChI=1S/C26H39N3O6/c1-16(2)13-19(28-25(33)35-26(4,5)6)24(32)29(20-14-17(20)3)22(18-11-9-8-10-12-18)23(31)27-15-21(30)34-7/h8-12,16-17,19-20,22H,13-15H2,1-7H3,(H,27,31)(H,28,33). The minimum absolute atomic E-state index is 0.0979. The highest BCUT2D eigenvalue weighted by atomic mass is 16.6. The largest absolute Gasteiger partial charge is 0.468 e. The fourth-order valence-electron chi connectivity index (χ4n) is 3.90. The van der Waals surface area contributed by atoms with Gasteiger partial charge in [0.05, 0.1) is 7.11 Å². The summed E-state index contributed by atoms with van der Waals surface area (Å²) >= 11 is 0. The zero-order valence-corrected chi connectivity index (χ0v) is 21.8. The van der Waals surface area contributed by atoms with Crippen molar-refractivity contribution in [1.29, 1.82) is 0 Å². The zero-order chi connectivity index (χ0) is 26.3. The molecule has 0 bridgehead atoms. The highest BCUT2D eigenvalue weighted by Crippen LogP contribution is 2.41. The van der Waals surface area contributed by atoms with Crippen LogP contribution in [0.15, 0.2) is 30.3 Å². The van der Waals surface area contributed by atoms with E-state index < -0.39 is 35.7 Å². The van der Waals surface area contributed by atoms with E-state index in [4.69, 9.17) is 4.74 Å². The number of methoxy groups -OCH3 is 1. The molecule has 35 heavy (non-hydrogen) atoms. The lowest BCUT2D eigenvalue weighted by atomic mass is 9.99. The second kappa shape index (κ2) is 12.0. The Kier molecular flexibility index (Phi) is 9.68. The number of rotatable bonds is 10. The lowest BCUT2D eigenvalue weighted by molar-refractivity contribution is -0.145. The molecule has 4 unspecified atom stereocenters. The summed E-state index contributed by atoms with van der Waals surface area (Å²) in [6.45, 7) is 10.9. The number of ether oxygens (including phenoxy) is 2. The van der Waals surface area contributed by atoms with Crippen LogP contribution >= 0.6 is 0 Å². The molecule has 4 atom stereocenters. The van der Waals surface area contributed by atoms with E-state index in [1.165, 1.54) is 7.11 Å². The van der Waals surface area contributed by atoms with Crippen LogP contribution in [0.3, 0.4) is 0 Å². The molecule has 0 heterocycles. The molecule has 0 aromatic heterocycles. The Morgan fingerprint density at radius 2 is 1.71 bits per heavy atom. The van der Waals surface area contributed by atoms with Gasteiger partial charge in [-0.1, -0.05) is 51.1 Å². The summed E-state index contributed by atoms with van der Waals surface area (Å²) in [7, 11) is 1.24. The number of nitrogens with one attached hydrogen (secondary N) is 2. The van der Waals surface area contributed by atoms with E-state index >= 15 is 0 Å². The van der Waals surface area contributed by atoms with Gasteiger partial charge in [0, 0.05) is 6.04 Å². The molecule has 0 aliphatic heterocycles. The number of alkyl carbamates (subject to hydrolysis) is 1. The molecule has 1 aliphatic carbocycles. The maximum Gasteiger partial charge on any atom is 0.408 e. The SMILES string of the molecule is COC(=O)CNC(=O)C(c1ccccc1)N(C(=O)C(CC(C)C)NC(=O)OC(C)(C)C)C1CC1C. The van der Waals surface area contributed by atoms with E-state index in [9.17, 15) is 19.2 Å². The summed E-state index contributed by atoms with van der Waals surface area (Å²) in [5.41, 5.74) is -0.108. The van der Waals surface area contributed by atoms with Crippen molar-refractivity contribution in [2.75, 3.05) is 13.7 Å². The van der Waals surface area contributed by atoms with E-state index in [1.54, 1.807) is 49.9 Å². The first-order valence-electron chi connectivity index (χ1n) is 12.0. The number of amides is 3. The van der Waals surface area contributed by atoms with Crippen molar-refractivity contribution in [1.82, 2.24) is 15.5 Å². The lowest BCUT2D eigenvalue weighted by Crippen LogP contribution is -2.54. The van der Waals surface area contributed by atoms with Crippen LogP contribution in [0.5, 0.6) is 0 Å². The van der Waals surface area contributed by atoms with E-state index in [1.807, 2.05) is 26.8 Å². The van der Waals surface area contributed by atoms with Gasteiger partial charge in [-0.3, -0.25) is 14.4 Å². The van der Waals surface area contributed by atoms with Gasteiger partial charge >= 0.3 is 12.1 Å². The Morgan fingerprint density at radius 1 is 1.11 bits per heavy atom. The number of hydrogen-bond acceptors (Lipinski definition) is 6. The molecule has 1 aromatic carbocycles. The van der Waals surface area contributed by atoms with Crippen LogP contribution in [0.2, 0.25) is 0 Å². The second-order valence-electron chi connectivity index (χ2n) is 10.5. The molecule has 0 spiro atoms. The maximum absolute atomic E-state index is 14.0. The predicted octanol–water partition coefficient (Wildman–Crippen LogP) is 3.19. The molecule has 194 valence electrons. The molecule has 2 rings (SSSR count). The van der Waals surface area contributed by atoms with Gasteiger partial charge in [-0.2, -0.15) is 0 Å². The Bertz CT molecular complexity index is 896. The molecule has 0 saturated heterocycles. The monoisotopic (exact) mass is 489 g/mol. The Hall–Kier alpha value is -3.10. The molecule has 1 fully saturated rings. The molecule has 0 radical (unpaired) electrons. The molecular weight excluding hydrogens is 450 g/mol. The smallest absolute Gasteiger partial charge is 0.408 e. The van der Waals surface area contributed by atoms with Crippen LogP contribution < -0.4 is 10.6 Å². The van der Waals surface area contributed by atoms with Gasteiger partial charge in [0.2, 0.25) is 11.8 Å². The van der Waals surface area contributed by atoms with Crippen molar-refractivity contribution in [2.45, 2.75) is 78.1 Å². The summed E-state index contributed by atoms with van der Waals surface area (Å²) in [4.78, 5) is 53.2. The fourth-order valence-corrected chi connectivity index (χ4v) is 3.90. The van der Waals surface area contributed by atoms with Crippen molar-refractivity contribution in [3.05, 3.63) is 35.9 Å². The molecular formula is C26H39N3O6. The topological polar surface area (TPSA) is 114 Å². The number of carbonyl (C=O) groups is 4. The van der Waals surface area contributed by atoms with Crippen molar-refractivity contribution in [3.63, 3.8) is 0 Å². The van der Waals surface area contributed by atoms with Gasteiger partial charge in [-0.05, 0) is 51.0 Å². The van der Waals surface area contributed by atoms with Gasteiger partial charge < -0.3 is 25.0 Å². The molecule has 9 nitrogen and oxygen atoms in total. The number of benzene rings is 1. The van der Waals surface area contributed by atoms with Crippen molar-refractivity contribution in [3.8, 4) is 0 Å². The second-order valence-corrected chi connectivity index (χ2v) is 10.5. The average Bonchev–Trinajstić information content (AvgIpc) is 3.49. The van der Waals surface area contributed by atoms with E-state index in [2.05, 4.69) is 15.4 Å². The first-order valence-corrected chi connectivity index (χ1v) is 12.0. The minimum Gasteiger partial charge on any atom is -0.468 e. The maximum atomic E-state index is 14.0. The third-order valence-corrected chi connectivity index (χ3v) is 5.65. The van der Waals surface area contributed by atoms with Crippen molar-refractivity contribution < 1.29 is 28.7 Å². The van der Waals surface area contributed by atoms with Crippen LogP contribution in [-0.2, 0) is 23.9 Å². The molecule has 1 saturated carbocycles. The number of esters is 1. The van der Waals surface area contributed by atoms with Gasteiger partial charge in [0.15, 0.2) is 0 Å². The van der Waals surface area contributed by atoms with Crippen LogP contribution in [0, 0.1) is 11.8 Å². The summed E-state index contributed by atoms with van der Waals surface area (Å²) < 4.78 is 10.0. The van der Waals surface area contributed by atoms with Crippen molar-refractivity contribution >= 4 is 23.9 Å². The summed E-state index contributed by atoms with van der Waals surface area (Å²) in [5, 5.41) is 5.33. The highest BCUT2D eigenvalue weighted by molar-refractivity contribution is 5.93. The van der Waals surface area contributed by atoms with Gasteiger partial charge in [0.25, 0.3) is 0 Å². The fraction of sp³-hybridized carbons (Fsp3) is 0.615. The number of carbonyl (C=O) groups excluding carboxylic acids is 4. The van der Waals surface area contributed by atoms with Crippen LogP contribution in [0.1, 0.15) is 66.0 Å². The summed E-state index contributed by atoms with van der Waals surface area (Å²) in [5.74, 6) is -1.15. The molecule has 2 N–H and O–H groups in total. The highest BCUT2D eigenvalue weighted by Gasteiger charge is 2.48. The normalized spacial score (nSPS) is 18.7. The molecule has 3 amide bonds. The summed E-state index contributed by atoms with van der Waals surface area (Å²) in [6, 6.07) is 6.93. The number of nitrogens with zero attached hydrogens (tertiary/aromatic N) is 1. The van der Waals surface area contributed by atoms with Gasteiger partial charge in [-0.25, -0.2) is 4.79 Å². The first kappa shape index (κ1) is 28.1. The quantitative estimate of drug-likeness (QED) is 0.488. The van der Waals surface area contributed by atoms with E-state index in [-0.39, 0.29) is 30.3 Å². The van der Waals surface area contributed by atoms with E-state index in [0.29, 0.717) is 12.0 Å². The number of hydrogen-bond donors (Lipinski definition) is 2. The van der Waals surface area contributed by atoms with Gasteiger partial charge in [-0.15, -0.1) is 0 Å². The zero-order valence-electron chi connectivity index (χ0n) is 21.8. The van der Waals surface area contributed by atoms with Crippen LogP contribution in [-0.4, -0.2) is 60.1 Å². The third kappa shape index (κ3) is 8.56.